The van der Waals surface area contributed by atoms with Crippen molar-refractivity contribution in [2.24, 2.45) is 0 Å². The number of carbonyl (C=O) groups excluding carboxylic acids is 1. The van der Waals surface area contributed by atoms with Gasteiger partial charge in [-0.2, -0.15) is 5.10 Å². The number of carbonyl (C=O) groups is 1. The lowest BCUT2D eigenvalue weighted by Crippen LogP contribution is -2.08. The molecule has 2 rings (SSSR count). The first kappa shape index (κ1) is 14.9. The van der Waals surface area contributed by atoms with Crippen LogP contribution in [0.15, 0.2) is 24.3 Å². The summed E-state index contributed by atoms with van der Waals surface area (Å²) in [5.74, 6) is 0. The van der Waals surface area contributed by atoms with Crippen LogP contribution in [0.1, 0.15) is 41.2 Å². The summed E-state index contributed by atoms with van der Waals surface area (Å²) in [4.78, 5) is 21.9. The molecule has 0 aliphatic heterocycles. The Labute approximate surface area is 122 Å². The standard InChI is InChI=1S/C15H17N3O3/c1-3-13-12(10-19)14(4-2)17(16-13)9-11-7-5-6-8-15(11)18(20)21/h5-8,10H,3-4,9H2,1-2H3. The van der Waals surface area contributed by atoms with Crippen molar-refractivity contribution in [3.63, 3.8) is 0 Å². The number of aldehydes is 1. The SMILES string of the molecule is CCc1nn(Cc2ccccc2[N+](=O)[O-])c(CC)c1C=O. The van der Waals surface area contributed by atoms with Crippen LogP contribution < -0.4 is 0 Å². The minimum Gasteiger partial charge on any atom is -0.298 e. The second-order valence-electron chi connectivity index (χ2n) is 4.68. The van der Waals surface area contributed by atoms with Crippen LogP contribution >= 0.6 is 0 Å². The maximum atomic E-state index is 11.2. The molecule has 0 aliphatic rings. The molecule has 6 nitrogen and oxygen atoms in total. The highest BCUT2D eigenvalue weighted by molar-refractivity contribution is 5.78. The lowest BCUT2D eigenvalue weighted by molar-refractivity contribution is -0.385. The summed E-state index contributed by atoms with van der Waals surface area (Å²) in [6, 6.07) is 6.59. The molecule has 0 unspecified atom stereocenters. The van der Waals surface area contributed by atoms with Gasteiger partial charge < -0.3 is 0 Å². The highest BCUT2D eigenvalue weighted by Crippen LogP contribution is 2.21. The third-order valence-corrected chi connectivity index (χ3v) is 3.47. The molecule has 6 heteroatoms. The minimum atomic E-state index is -0.397. The Balaban J connectivity index is 2.47. The van der Waals surface area contributed by atoms with Gasteiger partial charge in [-0.25, -0.2) is 0 Å². The molecule has 0 spiro atoms. The third kappa shape index (κ3) is 2.84. The first-order valence-corrected chi connectivity index (χ1v) is 6.88. The number of rotatable bonds is 6. The molecule has 0 saturated carbocycles. The maximum Gasteiger partial charge on any atom is 0.274 e. The predicted molar refractivity (Wildman–Crippen MR) is 78.6 cm³/mol. The first-order valence-electron chi connectivity index (χ1n) is 6.88. The zero-order chi connectivity index (χ0) is 15.4. The number of aromatic nitrogens is 2. The molecule has 1 heterocycles. The van der Waals surface area contributed by atoms with Crippen LogP contribution in [0, 0.1) is 10.1 Å². The highest BCUT2D eigenvalue weighted by Gasteiger charge is 2.18. The smallest absolute Gasteiger partial charge is 0.274 e. The number of hydrogen-bond donors (Lipinski definition) is 0. The Hall–Kier alpha value is -2.50. The van der Waals surface area contributed by atoms with Crippen LogP contribution in [0.2, 0.25) is 0 Å². The van der Waals surface area contributed by atoms with Gasteiger partial charge in [-0.3, -0.25) is 19.6 Å². The largest absolute Gasteiger partial charge is 0.298 e. The van der Waals surface area contributed by atoms with Gasteiger partial charge in [0.2, 0.25) is 0 Å². The van der Waals surface area contributed by atoms with Gasteiger partial charge in [-0.1, -0.05) is 32.0 Å². The monoisotopic (exact) mass is 287 g/mol. The van der Waals surface area contributed by atoms with Gasteiger partial charge in [0.15, 0.2) is 6.29 Å². The molecule has 0 atom stereocenters. The zero-order valence-electron chi connectivity index (χ0n) is 12.1. The molecule has 0 saturated heterocycles. The van der Waals surface area contributed by atoms with E-state index in [4.69, 9.17) is 0 Å². The molecular formula is C15H17N3O3. The van der Waals surface area contributed by atoms with Crippen LogP contribution in [0.5, 0.6) is 0 Å². The van der Waals surface area contributed by atoms with E-state index in [1.54, 1.807) is 22.9 Å². The zero-order valence-corrected chi connectivity index (χ0v) is 12.1. The Morgan fingerprint density at radius 1 is 1.29 bits per heavy atom. The van der Waals surface area contributed by atoms with Gasteiger partial charge in [-0.15, -0.1) is 0 Å². The summed E-state index contributed by atoms with van der Waals surface area (Å²) in [5, 5.41) is 15.5. The number of aryl methyl sites for hydroxylation is 1. The molecule has 0 N–H and O–H groups in total. The fourth-order valence-corrected chi connectivity index (χ4v) is 2.45. The number of nitrogens with zero attached hydrogens (tertiary/aromatic N) is 3. The van der Waals surface area contributed by atoms with Crippen molar-refractivity contribution in [3.05, 3.63) is 56.9 Å². The summed E-state index contributed by atoms with van der Waals surface area (Å²) < 4.78 is 1.70. The fourth-order valence-electron chi connectivity index (χ4n) is 2.45. The number of benzene rings is 1. The van der Waals surface area contributed by atoms with Crippen molar-refractivity contribution >= 4 is 12.0 Å². The van der Waals surface area contributed by atoms with Gasteiger partial charge in [0.05, 0.1) is 28.3 Å². The van der Waals surface area contributed by atoms with Crippen LogP contribution in [0.3, 0.4) is 0 Å². The van der Waals surface area contributed by atoms with Crippen LogP contribution in [0.25, 0.3) is 0 Å². The van der Waals surface area contributed by atoms with Crippen molar-refractivity contribution in [1.29, 1.82) is 0 Å². The Bertz CT molecular complexity index is 677. The normalized spacial score (nSPS) is 10.6. The summed E-state index contributed by atoms with van der Waals surface area (Å²) in [6.45, 7) is 4.17. The predicted octanol–water partition coefficient (Wildman–Crippen LogP) is 2.78. The summed E-state index contributed by atoms with van der Waals surface area (Å²) >= 11 is 0. The lowest BCUT2D eigenvalue weighted by Gasteiger charge is -2.07. The van der Waals surface area contributed by atoms with Crippen molar-refractivity contribution in [1.82, 2.24) is 9.78 Å². The third-order valence-electron chi connectivity index (χ3n) is 3.47. The summed E-state index contributed by atoms with van der Waals surface area (Å²) in [5.41, 5.74) is 2.82. The van der Waals surface area contributed by atoms with Crippen molar-refractivity contribution in [2.75, 3.05) is 0 Å². The van der Waals surface area contributed by atoms with Crippen LogP contribution in [-0.2, 0) is 19.4 Å². The molecule has 0 bridgehead atoms. The minimum absolute atomic E-state index is 0.0701. The first-order chi connectivity index (χ1) is 10.1. The van der Waals surface area contributed by atoms with E-state index in [-0.39, 0.29) is 5.69 Å². The van der Waals surface area contributed by atoms with Crippen molar-refractivity contribution in [2.45, 2.75) is 33.2 Å². The number of nitro groups is 1. The molecule has 2 aromatic rings. The quantitative estimate of drug-likeness (QED) is 0.465. The van der Waals surface area contributed by atoms with Gasteiger partial charge in [-0.05, 0) is 12.8 Å². The highest BCUT2D eigenvalue weighted by atomic mass is 16.6. The second-order valence-corrected chi connectivity index (χ2v) is 4.68. The molecule has 0 aliphatic carbocycles. The van der Waals surface area contributed by atoms with Crippen molar-refractivity contribution < 1.29 is 9.72 Å². The molecule has 1 aromatic carbocycles. The van der Waals surface area contributed by atoms with Gasteiger partial charge in [0, 0.05) is 11.8 Å². The fraction of sp³-hybridized carbons (Fsp3) is 0.333. The van der Waals surface area contributed by atoms with Crippen LogP contribution in [0.4, 0.5) is 5.69 Å². The van der Waals surface area contributed by atoms with Gasteiger partial charge in [0.25, 0.3) is 5.69 Å². The van der Waals surface area contributed by atoms with E-state index in [2.05, 4.69) is 5.10 Å². The Kier molecular flexibility index (Phi) is 4.47. The number of nitro benzene ring substituents is 1. The average molecular weight is 287 g/mol. The van der Waals surface area contributed by atoms with E-state index in [1.807, 2.05) is 13.8 Å². The Morgan fingerprint density at radius 2 is 2.00 bits per heavy atom. The van der Waals surface area contributed by atoms with Gasteiger partial charge >= 0.3 is 0 Å². The maximum absolute atomic E-state index is 11.2. The number of hydrogen-bond acceptors (Lipinski definition) is 4. The number of para-hydroxylation sites is 1. The lowest BCUT2D eigenvalue weighted by atomic mass is 10.1. The topological polar surface area (TPSA) is 78.0 Å². The molecular weight excluding hydrogens is 270 g/mol. The van der Waals surface area contributed by atoms with E-state index >= 15 is 0 Å². The van der Waals surface area contributed by atoms with E-state index in [1.165, 1.54) is 6.07 Å². The van der Waals surface area contributed by atoms with E-state index in [0.717, 1.165) is 17.7 Å². The van der Waals surface area contributed by atoms with E-state index in [0.29, 0.717) is 30.5 Å². The molecule has 0 radical (unpaired) electrons. The van der Waals surface area contributed by atoms with E-state index in [9.17, 15) is 14.9 Å². The second kappa shape index (κ2) is 6.30. The van der Waals surface area contributed by atoms with Crippen molar-refractivity contribution in [3.8, 4) is 0 Å². The molecule has 1 aromatic heterocycles. The summed E-state index contributed by atoms with van der Waals surface area (Å²) in [7, 11) is 0. The Morgan fingerprint density at radius 3 is 2.57 bits per heavy atom. The molecule has 0 fully saturated rings. The van der Waals surface area contributed by atoms with Gasteiger partial charge in [0.1, 0.15) is 0 Å². The molecule has 21 heavy (non-hydrogen) atoms. The average Bonchev–Trinajstić information content (AvgIpc) is 2.84. The summed E-state index contributed by atoms with van der Waals surface area (Å²) in [6.07, 6.45) is 2.13. The molecule has 0 amide bonds. The molecule has 110 valence electrons. The van der Waals surface area contributed by atoms with E-state index < -0.39 is 4.92 Å². The van der Waals surface area contributed by atoms with Crippen LogP contribution in [-0.4, -0.2) is 21.0 Å².